The van der Waals surface area contributed by atoms with Gasteiger partial charge in [-0.15, -0.1) is 24.0 Å². The van der Waals surface area contributed by atoms with Crippen molar-refractivity contribution in [3.05, 3.63) is 29.8 Å². The molecular formula is C24H40IN3O4. The van der Waals surface area contributed by atoms with Gasteiger partial charge in [0.15, 0.2) is 5.96 Å². The molecule has 0 amide bonds. The minimum atomic E-state index is -0.000658. The van der Waals surface area contributed by atoms with Crippen LogP contribution in [0.1, 0.15) is 38.2 Å². The maximum Gasteiger partial charge on any atom is 0.191 e. The molecule has 0 spiro atoms. The summed E-state index contributed by atoms with van der Waals surface area (Å²) < 4.78 is 22.2. The minimum absolute atomic E-state index is 0. The number of methoxy groups -OCH3 is 1. The summed E-state index contributed by atoms with van der Waals surface area (Å²) >= 11 is 0. The Hall–Kier alpha value is -1.10. The third kappa shape index (κ3) is 8.35. The molecule has 2 heterocycles. The third-order valence-electron chi connectivity index (χ3n) is 6.17. The fraction of sp³-hybridized carbons (Fsp3) is 0.708. The summed E-state index contributed by atoms with van der Waals surface area (Å²) in [6, 6.07) is 8.42. The van der Waals surface area contributed by atoms with E-state index in [2.05, 4.69) is 29.7 Å². The fourth-order valence-corrected chi connectivity index (χ4v) is 4.16. The van der Waals surface area contributed by atoms with Gasteiger partial charge in [-0.2, -0.15) is 0 Å². The summed E-state index contributed by atoms with van der Waals surface area (Å²) in [6.45, 7) is 9.33. The highest BCUT2D eigenvalue weighted by Gasteiger charge is 2.34. The Bertz CT molecular complexity index is 660. The van der Waals surface area contributed by atoms with Gasteiger partial charge in [-0.25, -0.2) is 0 Å². The van der Waals surface area contributed by atoms with Crippen LogP contribution in [0.2, 0.25) is 0 Å². The predicted octanol–water partition coefficient (Wildman–Crippen LogP) is 3.36. The van der Waals surface area contributed by atoms with Crippen LogP contribution in [0, 0.1) is 5.92 Å². The van der Waals surface area contributed by atoms with Crippen molar-refractivity contribution in [2.45, 2.75) is 38.0 Å². The Morgan fingerprint density at radius 2 is 1.91 bits per heavy atom. The molecule has 1 unspecified atom stereocenters. The maximum absolute atomic E-state index is 5.80. The van der Waals surface area contributed by atoms with E-state index < -0.39 is 0 Å². The van der Waals surface area contributed by atoms with E-state index in [9.17, 15) is 0 Å². The quantitative estimate of drug-likeness (QED) is 0.187. The average molecular weight is 562 g/mol. The van der Waals surface area contributed by atoms with Gasteiger partial charge in [0.05, 0.1) is 26.9 Å². The highest BCUT2D eigenvalue weighted by Crippen LogP contribution is 2.36. The van der Waals surface area contributed by atoms with E-state index >= 15 is 0 Å². The molecule has 1 aromatic rings. The first-order chi connectivity index (χ1) is 15.3. The lowest BCUT2D eigenvalue weighted by Crippen LogP contribution is -2.41. The Labute approximate surface area is 210 Å². The van der Waals surface area contributed by atoms with Crippen LogP contribution in [-0.2, 0) is 19.6 Å². The van der Waals surface area contributed by atoms with Crippen molar-refractivity contribution in [3.63, 3.8) is 0 Å². The van der Waals surface area contributed by atoms with E-state index in [1.807, 2.05) is 12.1 Å². The Kier molecular flexibility index (Phi) is 12.7. The molecule has 182 valence electrons. The lowest BCUT2D eigenvalue weighted by atomic mass is 9.74. The van der Waals surface area contributed by atoms with Crippen LogP contribution in [0.15, 0.2) is 29.3 Å². The number of hydrogen-bond acceptors (Lipinski definition) is 5. The molecule has 0 bridgehead atoms. The molecule has 2 saturated heterocycles. The molecule has 1 aromatic carbocycles. The van der Waals surface area contributed by atoms with Gasteiger partial charge < -0.3 is 29.6 Å². The van der Waals surface area contributed by atoms with E-state index in [4.69, 9.17) is 23.9 Å². The second-order valence-corrected chi connectivity index (χ2v) is 8.40. The van der Waals surface area contributed by atoms with Crippen LogP contribution in [0.25, 0.3) is 0 Å². The lowest BCUT2D eigenvalue weighted by Gasteiger charge is -2.36. The topological polar surface area (TPSA) is 73.3 Å². The second-order valence-electron chi connectivity index (χ2n) is 8.40. The molecule has 2 fully saturated rings. The van der Waals surface area contributed by atoms with Crippen molar-refractivity contribution in [2.75, 3.05) is 66.4 Å². The van der Waals surface area contributed by atoms with Crippen LogP contribution in [-0.4, -0.2) is 72.3 Å². The van der Waals surface area contributed by atoms with Crippen molar-refractivity contribution in [3.8, 4) is 5.75 Å². The van der Waals surface area contributed by atoms with Gasteiger partial charge in [0.25, 0.3) is 0 Å². The van der Waals surface area contributed by atoms with Crippen molar-refractivity contribution < 1.29 is 18.9 Å². The molecule has 3 rings (SSSR count). The van der Waals surface area contributed by atoms with E-state index in [1.54, 1.807) is 7.11 Å². The number of halogens is 1. The zero-order valence-corrected chi connectivity index (χ0v) is 21.9. The average Bonchev–Trinajstić information content (AvgIpc) is 3.34. The summed E-state index contributed by atoms with van der Waals surface area (Å²) in [5, 5.41) is 6.83. The first-order valence-electron chi connectivity index (χ1n) is 11.7. The zero-order chi connectivity index (χ0) is 21.8. The molecule has 0 saturated carbocycles. The monoisotopic (exact) mass is 561 g/mol. The first kappa shape index (κ1) is 27.1. The summed E-state index contributed by atoms with van der Waals surface area (Å²) in [5.41, 5.74) is 1.31. The van der Waals surface area contributed by atoms with Gasteiger partial charge in [-0.1, -0.05) is 12.1 Å². The molecule has 0 radical (unpaired) electrons. The maximum atomic E-state index is 5.80. The van der Waals surface area contributed by atoms with Crippen LogP contribution in [0.5, 0.6) is 5.75 Å². The highest BCUT2D eigenvalue weighted by molar-refractivity contribution is 14.0. The fourth-order valence-electron chi connectivity index (χ4n) is 4.16. The number of hydrogen-bond donors (Lipinski definition) is 2. The summed E-state index contributed by atoms with van der Waals surface area (Å²) in [6.07, 6.45) is 4.02. The number of nitrogens with zero attached hydrogens (tertiary/aromatic N) is 1. The molecule has 8 heteroatoms. The Morgan fingerprint density at radius 1 is 1.12 bits per heavy atom. The molecule has 2 N–H and O–H groups in total. The van der Waals surface area contributed by atoms with E-state index in [0.29, 0.717) is 5.92 Å². The van der Waals surface area contributed by atoms with E-state index in [0.717, 1.165) is 96.7 Å². The van der Waals surface area contributed by atoms with Gasteiger partial charge in [-0.3, -0.25) is 4.99 Å². The van der Waals surface area contributed by atoms with Gasteiger partial charge in [0, 0.05) is 50.8 Å². The van der Waals surface area contributed by atoms with Crippen molar-refractivity contribution in [2.24, 2.45) is 10.9 Å². The smallest absolute Gasteiger partial charge is 0.191 e. The summed E-state index contributed by atoms with van der Waals surface area (Å²) in [5.74, 6) is 2.32. The number of aliphatic imine (C=N–C) groups is 1. The molecule has 0 aromatic heterocycles. The van der Waals surface area contributed by atoms with Gasteiger partial charge in [0.1, 0.15) is 5.75 Å². The Balaban J connectivity index is 0.00000363. The molecule has 2 aliphatic heterocycles. The van der Waals surface area contributed by atoms with E-state index in [1.165, 1.54) is 5.56 Å². The van der Waals surface area contributed by atoms with Gasteiger partial charge in [0.2, 0.25) is 0 Å². The van der Waals surface area contributed by atoms with Gasteiger partial charge in [-0.05, 0) is 50.3 Å². The van der Waals surface area contributed by atoms with Crippen molar-refractivity contribution in [1.29, 1.82) is 0 Å². The number of ether oxygens (including phenoxy) is 4. The van der Waals surface area contributed by atoms with Crippen LogP contribution in [0.3, 0.4) is 0 Å². The number of rotatable bonds is 11. The first-order valence-corrected chi connectivity index (χ1v) is 11.7. The Morgan fingerprint density at radius 3 is 2.56 bits per heavy atom. The normalized spacial score (nSPS) is 20.4. The summed E-state index contributed by atoms with van der Waals surface area (Å²) in [4.78, 5) is 4.96. The zero-order valence-electron chi connectivity index (χ0n) is 19.6. The lowest BCUT2D eigenvalue weighted by molar-refractivity contribution is 0.0531. The number of benzene rings is 1. The molecule has 2 aliphatic rings. The van der Waals surface area contributed by atoms with Gasteiger partial charge >= 0.3 is 0 Å². The molecule has 0 aliphatic carbocycles. The van der Waals surface area contributed by atoms with Crippen LogP contribution >= 0.6 is 24.0 Å². The number of guanidine groups is 1. The summed E-state index contributed by atoms with van der Waals surface area (Å²) in [7, 11) is 1.70. The largest absolute Gasteiger partial charge is 0.497 e. The van der Waals surface area contributed by atoms with Crippen molar-refractivity contribution in [1.82, 2.24) is 10.6 Å². The molecular weight excluding hydrogens is 521 g/mol. The predicted molar refractivity (Wildman–Crippen MR) is 138 cm³/mol. The molecule has 1 atom stereocenters. The molecule has 7 nitrogen and oxygen atoms in total. The minimum Gasteiger partial charge on any atom is -0.497 e. The SMILES string of the molecule is CCNC(=NCC1(c2ccc(OC)cc2)CCOCC1)NCCCOCC1CCOC1.I. The highest BCUT2D eigenvalue weighted by atomic mass is 127. The third-order valence-corrected chi connectivity index (χ3v) is 6.17. The second kappa shape index (κ2) is 14.9. The van der Waals surface area contributed by atoms with Crippen LogP contribution < -0.4 is 15.4 Å². The van der Waals surface area contributed by atoms with E-state index in [-0.39, 0.29) is 29.4 Å². The molecule has 32 heavy (non-hydrogen) atoms. The number of nitrogens with one attached hydrogen (secondary N) is 2. The standard InChI is InChI=1S/C24H39N3O4.HI/c1-3-25-23(26-12-4-13-30-17-20-9-14-31-18-20)27-19-24(10-15-29-16-11-24)21-5-7-22(28-2)8-6-21;/h5-8,20H,3-4,9-19H2,1-2H3,(H2,25,26,27);1H. The van der Waals surface area contributed by atoms with Crippen LogP contribution in [0.4, 0.5) is 0 Å². The van der Waals surface area contributed by atoms with Crippen molar-refractivity contribution >= 4 is 29.9 Å².